The van der Waals surface area contributed by atoms with E-state index in [-0.39, 0.29) is 5.91 Å². The third-order valence-electron chi connectivity index (χ3n) is 6.09. The molecule has 7 heteroatoms. The Balaban J connectivity index is 1.25. The number of amides is 1. The molecule has 1 aliphatic heterocycles. The standard InChI is InChI=1S/C25H26N4O3/c1-17-7-3-5-9-20(17)24-26-25(32-27-24)22-16-28(13-14-31-22)23(30)11-12-29-18(2)15-19-8-4-6-10-21(19)29/h3-10,15,22H,11-14,16H2,1-2H3/t22-/m0/s1. The second-order valence-electron chi connectivity index (χ2n) is 8.22. The van der Waals surface area contributed by atoms with Gasteiger partial charge < -0.3 is 18.7 Å². The van der Waals surface area contributed by atoms with Gasteiger partial charge in [0, 0.05) is 36.3 Å². The van der Waals surface area contributed by atoms with Crippen LogP contribution in [0, 0.1) is 13.8 Å². The smallest absolute Gasteiger partial charge is 0.257 e. The van der Waals surface area contributed by atoms with E-state index in [0.717, 1.165) is 22.3 Å². The third kappa shape index (κ3) is 3.91. The van der Waals surface area contributed by atoms with Crippen LogP contribution < -0.4 is 0 Å². The molecule has 7 nitrogen and oxygen atoms in total. The SMILES string of the molecule is Cc1ccccc1-c1noc([C@@H]2CN(C(=O)CCn3c(C)cc4ccccc43)CCO2)n1. The minimum atomic E-state index is -0.410. The number of carbonyl (C=O) groups is 1. The van der Waals surface area contributed by atoms with E-state index in [9.17, 15) is 4.79 Å². The third-order valence-corrected chi connectivity index (χ3v) is 6.09. The summed E-state index contributed by atoms with van der Waals surface area (Å²) in [6, 6.07) is 18.3. The van der Waals surface area contributed by atoms with Crippen molar-refractivity contribution in [1.82, 2.24) is 19.6 Å². The minimum absolute atomic E-state index is 0.106. The van der Waals surface area contributed by atoms with Crippen LogP contribution in [-0.2, 0) is 16.1 Å². The maximum Gasteiger partial charge on any atom is 0.257 e. The van der Waals surface area contributed by atoms with Crippen molar-refractivity contribution in [1.29, 1.82) is 0 Å². The van der Waals surface area contributed by atoms with Crippen LogP contribution in [0.1, 0.15) is 29.7 Å². The molecule has 1 atom stereocenters. The van der Waals surface area contributed by atoms with Crippen molar-refractivity contribution >= 4 is 16.8 Å². The van der Waals surface area contributed by atoms with E-state index in [4.69, 9.17) is 9.26 Å². The second kappa shape index (κ2) is 8.59. The summed E-state index contributed by atoms with van der Waals surface area (Å²) in [4.78, 5) is 19.4. The summed E-state index contributed by atoms with van der Waals surface area (Å²) in [5.74, 6) is 1.06. The van der Waals surface area contributed by atoms with Crippen LogP contribution in [-0.4, -0.2) is 45.2 Å². The fraction of sp³-hybridized carbons (Fsp3) is 0.320. The van der Waals surface area contributed by atoms with Crippen molar-refractivity contribution in [2.24, 2.45) is 0 Å². The number of rotatable bonds is 5. The Hall–Kier alpha value is -3.45. The fourth-order valence-corrected chi connectivity index (χ4v) is 4.34. The Labute approximate surface area is 186 Å². The second-order valence-corrected chi connectivity index (χ2v) is 8.22. The quantitative estimate of drug-likeness (QED) is 0.472. The largest absolute Gasteiger partial charge is 0.365 e. The van der Waals surface area contributed by atoms with Gasteiger partial charge in [-0.15, -0.1) is 0 Å². The Kier molecular flexibility index (Phi) is 5.49. The summed E-state index contributed by atoms with van der Waals surface area (Å²) in [6.45, 7) is 6.18. The minimum Gasteiger partial charge on any atom is -0.365 e. The predicted molar refractivity (Wildman–Crippen MR) is 121 cm³/mol. The average molecular weight is 431 g/mol. The summed E-state index contributed by atoms with van der Waals surface area (Å²) in [6.07, 6.45) is 0.0250. The highest BCUT2D eigenvalue weighted by atomic mass is 16.5. The number of nitrogens with zero attached hydrogens (tertiary/aromatic N) is 4. The number of ether oxygens (including phenoxy) is 1. The molecule has 4 aromatic rings. The number of fused-ring (bicyclic) bond motifs is 1. The number of hydrogen-bond acceptors (Lipinski definition) is 5. The molecule has 1 aliphatic rings. The lowest BCUT2D eigenvalue weighted by molar-refractivity contribution is -0.140. The molecule has 2 aromatic heterocycles. The van der Waals surface area contributed by atoms with Crippen LogP contribution in [0.15, 0.2) is 59.1 Å². The molecule has 0 radical (unpaired) electrons. The molecular weight excluding hydrogens is 404 g/mol. The number of aryl methyl sites for hydroxylation is 3. The highest BCUT2D eigenvalue weighted by Gasteiger charge is 2.29. The van der Waals surface area contributed by atoms with E-state index >= 15 is 0 Å². The summed E-state index contributed by atoms with van der Waals surface area (Å²) >= 11 is 0. The Morgan fingerprint density at radius 3 is 2.81 bits per heavy atom. The average Bonchev–Trinajstić information content (AvgIpc) is 3.42. The normalized spacial score (nSPS) is 16.6. The monoisotopic (exact) mass is 430 g/mol. The predicted octanol–water partition coefficient (Wildman–Crippen LogP) is 4.30. The van der Waals surface area contributed by atoms with Crippen molar-refractivity contribution < 1.29 is 14.1 Å². The zero-order valence-corrected chi connectivity index (χ0v) is 18.3. The maximum absolute atomic E-state index is 13.0. The number of aromatic nitrogens is 3. The number of morpholine rings is 1. The van der Waals surface area contributed by atoms with Crippen LogP contribution >= 0.6 is 0 Å². The van der Waals surface area contributed by atoms with Gasteiger partial charge >= 0.3 is 0 Å². The van der Waals surface area contributed by atoms with Crippen LogP contribution in [0.25, 0.3) is 22.3 Å². The lowest BCUT2D eigenvalue weighted by atomic mass is 10.1. The van der Waals surface area contributed by atoms with Gasteiger partial charge in [0.1, 0.15) is 0 Å². The molecule has 0 aliphatic carbocycles. The molecule has 1 amide bonds. The molecule has 5 rings (SSSR count). The van der Waals surface area contributed by atoms with E-state index in [1.165, 1.54) is 5.39 Å². The van der Waals surface area contributed by atoms with Gasteiger partial charge in [-0.25, -0.2) is 0 Å². The molecule has 3 heterocycles. The number of hydrogen-bond donors (Lipinski definition) is 0. The van der Waals surface area contributed by atoms with E-state index in [1.807, 2.05) is 48.2 Å². The molecule has 164 valence electrons. The first kappa shape index (κ1) is 20.5. The lowest BCUT2D eigenvalue weighted by Gasteiger charge is -2.31. The first-order valence-corrected chi connectivity index (χ1v) is 10.9. The molecular formula is C25H26N4O3. The summed E-state index contributed by atoms with van der Waals surface area (Å²) in [5, 5.41) is 5.33. The Morgan fingerprint density at radius 1 is 1.12 bits per heavy atom. The summed E-state index contributed by atoms with van der Waals surface area (Å²) in [5.41, 5.74) is 4.33. The van der Waals surface area contributed by atoms with Gasteiger partial charge in [-0.1, -0.05) is 47.6 Å². The van der Waals surface area contributed by atoms with Gasteiger partial charge in [-0.3, -0.25) is 4.79 Å². The molecule has 0 spiro atoms. The highest BCUT2D eigenvalue weighted by Crippen LogP contribution is 2.26. The number of para-hydroxylation sites is 1. The molecule has 1 saturated heterocycles. The van der Waals surface area contributed by atoms with E-state index in [1.54, 1.807) is 0 Å². The molecule has 32 heavy (non-hydrogen) atoms. The van der Waals surface area contributed by atoms with Crippen molar-refractivity contribution in [2.45, 2.75) is 32.9 Å². The first-order chi connectivity index (χ1) is 15.6. The molecule has 1 fully saturated rings. The summed E-state index contributed by atoms with van der Waals surface area (Å²) < 4.78 is 13.6. The molecule has 0 bridgehead atoms. The number of benzene rings is 2. The lowest BCUT2D eigenvalue weighted by Crippen LogP contribution is -2.42. The molecule has 0 unspecified atom stereocenters. The molecule has 0 N–H and O–H groups in total. The molecule has 2 aromatic carbocycles. The van der Waals surface area contributed by atoms with Crippen molar-refractivity contribution in [3.63, 3.8) is 0 Å². The number of carbonyl (C=O) groups excluding carboxylic acids is 1. The highest BCUT2D eigenvalue weighted by molar-refractivity contribution is 5.82. The fourth-order valence-electron chi connectivity index (χ4n) is 4.34. The van der Waals surface area contributed by atoms with E-state index in [0.29, 0.717) is 44.4 Å². The van der Waals surface area contributed by atoms with Gasteiger partial charge in [-0.05, 0) is 36.9 Å². The first-order valence-electron chi connectivity index (χ1n) is 10.9. The Morgan fingerprint density at radius 2 is 1.94 bits per heavy atom. The van der Waals surface area contributed by atoms with E-state index in [2.05, 4.69) is 39.8 Å². The van der Waals surface area contributed by atoms with Crippen molar-refractivity contribution in [3.05, 3.63) is 71.7 Å². The van der Waals surface area contributed by atoms with Crippen LogP contribution in [0.2, 0.25) is 0 Å². The van der Waals surface area contributed by atoms with Crippen LogP contribution in [0.4, 0.5) is 0 Å². The Bertz CT molecular complexity index is 1260. The van der Waals surface area contributed by atoms with Crippen molar-refractivity contribution in [3.8, 4) is 11.4 Å². The zero-order valence-electron chi connectivity index (χ0n) is 18.3. The van der Waals surface area contributed by atoms with Crippen molar-refractivity contribution in [2.75, 3.05) is 19.7 Å². The van der Waals surface area contributed by atoms with Gasteiger partial charge in [0.05, 0.1) is 13.2 Å². The van der Waals surface area contributed by atoms with Gasteiger partial charge in [0.2, 0.25) is 11.7 Å². The van der Waals surface area contributed by atoms with Gasteiger partial charge in [-0.2, -0.15) is 4.98 Å². The van der Waals surface area contributed by atoms with Gasteiger partial charge in [0.25, 0.3) is 5.89 Å². The maximum atomic E-state index is 13.0. The topological polar surface area (TPSA) is 73.4 Å². The van der Waals surface area contributed by atoms with Crippen LogP contribution in [0.5, 0.6) is 0 Å². The molecule has 0 saturated carbocycles. The van der Waals surface area contributed by atoms with Crippen LogP contribution in [0.3, 0.4) is 0 Å². The zero-order chi connectivity index (χ0) is 22.1. The summed E-state index contributed by atoms with van der Waals surface area (Å²) in [7, 11) is 0. The van der Waals surface area contributed by atoms with E-state index < -0.39 is 6.10 Å². The van der Waals surface area contributed by atoms with Gasteiger partial charge in [0.15, 0.2) is 6.10 Å².